The van der Waals surface area contributed by atoms with E-state index in [2.05, 4.69) is 15.2 Å². The van der Waals surface area contributed by atoms with Crippen molar-refractivity contribution in [2.75, 3.05) is 19.6 Å². The van der Waals surface area contributed by atoms with Gasteiger partial charge in [0.2, 0.25) is 0 Å². The van der Waals surface area contributed by atoms with Crippen LogP contribution >= 0.6 is 11.6 Å². The third-order valence-corrected chi connectivity index (χ3v) is 4.67. The summed E-state index contributed by atoms with van der Waals surface area (Å²) in [6, 6.07) is 3.88. The van der Waals surface area contributed by atoms with Crippen molar-refractivity contribution in [3.8, 4) is 0 Å². The number of carbonyl (C=O) groups is 1. The summed E-state index contributed by atoms with van der Waals surface area (Å²) in [5.74, 6) is 0.730. The molecule has 0 spiro atoms. The lowest BCUT2D eigenvalue weighted by Crippen LogP contribution is -2.47. The minimum atomic E-state index is -0.0192. The van der Waals surface area contributed by atoms with Crippen molar-refractivity contribution in [2.24, 2.45) is 5.92 Å². The van der Waals surface area contributed by atoms with Gasteiger partial charge in [-0.05, 0) is 37.4 Å². The van der Waals surface area contributed by atoms with E-state index >= 15 is 0 Å². The van der Waals surface area contributed by atoms with Gasteiger partial charge in [-0.3, -0.25) is 4.79 Å². The Morgan fingerprint density at radius 3 is 3.10 bits per heavy atom. The van der Waals surface area contributed by atoms with Crippen LogP contribution in [-0.2, 0) is 0 Å². The molecule has 1 unspecified atom stereocenters. The molecule has 2 saturated heterocycles. The van der Waals surface area contributed by atoms with Crippen LogP contribution in [0.1, 0.15) is 23.2 Å². The zero-order valence-corrected chi connectivity index (χ0v) is 12.4. The Morgan fingerprint density at radius 2 is 2.24 bits per heavy atom. The van der Waals surface area contributed by atoms with Crippen LogP contribution in [0.15, 0.2) is 24.5 Å². The van der Waals surface area contributed by atoms with Gasteiger partial charge in [0.05, 0.1) is 5.56 Å². The maximum atomic E-state index is 12.4. The van der Waals surface area contributed by atoms with Crippen molar-refractivity contribution in [3.63, 3.8) is 0 Å². The number of fused-ring (bicyclic) bond motifs is 3. The molecule has 2 aliphatic rings. The van der Waals surface area contributed by atoms with Crippen molar-refractivity contribution in [2.45, 2.75) is 18.9 Å². The highest BCUT2D eigenvalue weighted by atomic mass is 35.5. The first-order valence-corrected chi connectivity index (χ1v) is 7.72. The molecule has 5 nitrogen and oxygen atoms in total. The maximum absolute atomic E-state index is 12.4. The molecule has 1 N–H and O–H groups in total. The number of nitrogens with zero attached hydrogens (tertiary/aromatic N) is 3. The molecule has 2 aromatic heterocycles. The molecular weight excluding hydrogens is 288 g/mol. The molecule has 2 fully saturated rings. The molecule has 4 heterocycles. The standard InChI is InChI=1S/C15H17ClN4O/c16-13-9-20-7-11(1-2-14(20)18-13)15(21)17-12-5-10-3-4-19(6-10)8-12/h1-2,7,9-10,12H,3-6,8H2,(H,17,21)/t10-,12-/m1/s1. The summed E-state index contributed by atoms with van der Waals surface area (Å²) in [7, 11) is 0. The van der Waals surface area contributed by atoms with Gasteiger partial charge in [-0.2, -0.15) is 0 Å². The SMILES string of the molecule is O=C(N[C@@H]1C[C@H]2CCN(C2)C1)c1ccc2nc(Cl)cn2c1. The highest BCUT2D eigenvalue weighted by molar-refractivity contribution is 6.29. The van der Waals surface area contributed by atoms with E-state index in [9.17, 15) is 4.79 Å². The lowest BCUT2D eigenvalue weighted by molar-refractivity contribution is 0.0909. The number of hydrogen-bond acceptors (Lipinski definition) is 3. The summed E-state index contributed by atoms with van der Waals surface area (Å²) in [6.07, 6.45) is 5.86. The van der Waals surface area contributed by atoms with Crippen LogP contribution in [0.5, 0.6) is 0 Å². The second-order valence-electron chi connectivity index (χ2n) is 6.07. The predicted octanol–water partition coefficient (Wildman–Crippen LogP) is 1.81. The molecule has 0 radical (unpaired) electrons. The maximum Gasteiger partial charge on any atom is 0.253 e. The smallest absolute Gasteiger partial charge is 0.253 e. The van der Waals surface area contributed by atoms with E-state index in [4.69, 9.17) is 11.6 Å². The topological polar surface area (TPSA) is 49.6 Å². The first kappa shape index (κ1) is 13.1. The van der Waals surface area contributed by atoms with E-state index in [1.807, 2.05) is 6.07 Å². The first-order chi connectivity index (χ1) is 10.2. The van der Waals surface area contributed by atoms with Gasteiger partial charge < -0.3 is 14.6 Å². The minimum Gasteiger partial charge on any atom is -0.348 e. The van der Waals surface area contributed by atoms with Gasteiger partial charge in [-0.25, -0.2) is 4.98 Å². The normalized spacial score (nSPS) is 28.0. The zero-order valence-electron chi connectivity index (χ0n) is 11.6. The predicted molar refractivity (Wildman–Crippen MR) is 80.6 cm³/mol. The third-order valence-electron chi connectivity index (χ3n) is 4.49. The summed E-state index contributed by atoms with van der Waals surface area (Å²) in [6.45, 7) is 3.35. The van der Waals surface area contributed by atoms with Gasteiger partial charge in [0, 0.05) is 31.5 Å². The first-order valence-electron chi connectivity index (χ1n) is 7.35. The molecule has 2 aliphatic heterocycles. The molecule has 0 saturated carbocycles. The monoisotopic (exact) mass is 304 g/mol. The molecule has 3 atom stereocenters. The number of carbonyl (C=O) groups excluding carboxylic acids is 1. The van der Waals surface area contributed by atoms with E-state index in [0.29, 0.717) is 10.7 Å². The van der Waals surface area contributed by atoms with Crippen LogP contribution in [0.2, 0.25) is 5.15 Å². The minimum absolute atomic E-state index is 0.0192. The van der Waals surface area contributed by atoms with E-state index in [1.54, 1.807) is 22.9 Å². The Balaban J connectivity index is 1.50. The molecule has 110 valence electrons. The number of nitrogens with one attached hydrogen (secondary N) is 1. The van der Waals surface area contributed by atoms with Crippen molar-refractivity contribution in [1.82, 2.24) is 19.6 Å². The second kappa shape index (κ2) is 5.00. The number of hydrogen-bond donors (Lipinski definition) is 1. The fourth-order valence-electron chi connectivity index (χ4n) is 3.53. The number of rotatable bonds is 2. The van der Waals surface area contributed by atoms with Gasteiger partial charge in [-0.15, -0.1) is 0 Å². The summed E-state index contributed by atoms with van der Waals surface area (Å²) in [5, 5.41) is 3.59. The van der Waals surface area contributed by atoms with Crippen molar-refractivity contribution >= 4 is 23.2 Å². The van der Waals surface area contributed by atoms with Crippen LogP contribution in [0.3, 0.4) is 0 Å². The molecule has 21 heavy (non-hydrogen) atoms. The van der Waals surface area contributed by atoms with Crippen LogP contribution in [0.4, 0.5) is 0 Å². The van der Waals surface area contributed by atoms with Crippen LogP contribution in [-0.4, -0.2) is 45.9 Å². The van der Waals surface area contributed by atoms with Crippen molar-refractivity contribution in [1.29, 1.82) is 0 Å². The van der Waals surface area contributed by atoms with Gasteiger partial charge in [0.25, 0.3) is 5.91 Å². The zero-order chi connectivity index (χ0) is 14.4. The van der Waals surface area contributed by atoms with E-state index < -0.39 is 0 Å². The highest BCUT2D eigenvalue weighted by Gasteiger charge is 2.32. The summed E-state index contributed by atoms with van der Waals surface area (Å²) < 4.78 is 1.78. The highest BCUT2D eigenvalue weighted by Crippen LogP contribution is 2.26. The Kier molecular flexibility index (Phi) is 3.12. The fraction of sp³-hybridized carbons (Fsp3) is 0.467. The molecule has 6 heteroatoms. The lowest BCUT2D eigenvalue weighted by atomic mass is 9.96. The van der Waals surface area contributed by atoms with Crippen molar-refractivity contribution < 1.29 is 4.79 Å². The number of amides is 1. The Morgan fingerprint density at radius 1 is 1.33 bits per heavy atom. The summed E-state index contributed by atoms with van der Waals surface area (Å²) in [4.78, 5) is 19.0. The number of piperidine rings is 1. The van der Waals surface area contributed by atoms with Crippen LogP contribution in [0, 0.1) is 5.92 Å². The van der Waals surface area contributed by atoms with E-state index in [-0.39, 0.29) is 11.9 Å². The van der Waals surface area contributed by atoms with Gasteiger partial charge in [0.15, 0.2) is 0 Å². The fourth-order valence-corrected chi connectivity index (χ4v) is 3.72. The molecule has 2 aromatic rings. The Labute approximate surface area is 127 Å². The number of imidazole rings is 1. The molecule has 1 amide bonds. The van der Waals surface area contributed by atoms with Gasteiger partial charge in [-0.1, -0.05) is 11.6 Å². The number of halogens is 1. The number of pyridine rings is 1. The van der Waals surface area contributed by atoms with Gasteiger partial charge in [0.1, 0.15) is 10.8 Å². The van der Waals surface area contributed by atoms with Crippen molar-refractivity contribution in [3.05, 3.63) is 35.2 Å². The lowest BCUT2D eigenvalue weighted by Gasteiger charge is -2.30. The second-order valence-corrected chi connectivity index (χ2v) is 6.45. The summed E-state index contributed by atoms with van der Waals surface area (Å²) >= 11 is 5.87. The van der Waals surface area contributed by atoms with Crippen LogP contribution < -0.4 is 5.32 Å². The average molecular weight is 305 g/mol. The number of aromatic nitrogens is 2. The Hall–Kier alpha value is -1.59. The van der Waals surface area contributed by atoms with E-state index in [1.165, 1.54) is 19.5 Å². The van der Waals surface area contributed by atoms with Gasteiger partial charge >= 0.3 is 0 Å². The molecule has 2 bridgehead atoms. The molecular formula is C15H17ClN4O. The Bertz CT molecular complexity index is 686. The largest absolute Gasteiger partial charge is 0.348 e. The molecule has 4 rings (SSSR count). The molecule has 0 aliphatic carbocycles. The average Bonchev–Trinajstić information content (AvgIpc) is 2.99. The van der Waals surface area contributed by atoms with Crippen LogP contribution in [0.25, 0.3) is 5.65 Å². The quantitative estimate of drug-likeness (QED) is 0.920. The summed E-state index contributed by atoms with van der Waals surface area (Å²) in [5.41, 5.74) is 1.39. The third kappa shape index (κ3) is 2.51. The van der Waals surface area contributed by atoms with E-state index in [0.717, 1.165) is 24.5 Å². The molecule has 0 aromatic carbocycles.